The van der Waals surface area contributed by atoms with Gasteiger partial charge in [-0.1, -0.05) is 15.9 Å². The molecule has 0 aliphatic carbocycles. The van der Waals surface area contributed by atoms with Crippen molar-refractivity contribution in [1.82, 2.24) is 30.0 Å². The molecule has 2 amide bonds. The normalized spacial score (nSPS) is 14.2. The number of nitrogens with one attached hydrogen (secondary N) is 1. The van der Waals surface area contributed by atoms with Gasteiger partial charge in [0.25, 0.3) is 5.95 Å². The first-order chi connectivity index (χ1) is 12.6. The molecule has 1 N–H and O–H groups in total. The summed E-state index contributed by atoms with van der Waals surface area (Å²) in [7, 11) is 0. The van der Waals surface area contributed by atoms with Gasteiger partial charge in [0.15, 0.2) is 5.82 Å². The fourth-order valence-corrected chi connectivity index (χ4v) is 3.42. The minimum atomic E-state index is -0.353. The minimum Gasteiger partial charge on any atom is -0.328 e. The standard InChI is InChI=1S/C17H16BrN7O/c1-11(15-21-10-22-25(15)16-19-6-2-7-20-16)23-17(26)24-8-5-12-9-13(18)3-4-14(12)24/h2-4,6-7,9-11H,5,8H2,1H3,(H,23,26). The summed E-state index contributed by atoms with van der Waals surface area (Å²) < 4.78 is 2.54. The Hall–Kier alpha value is -2.81. The van der Waals surface area contributed by atoms with Crippen molar-refractivity contribution in [2.24, 2.45) is 0 Å². The van der Waals surface area contributed by atoms with Crippen LogP contribution in [0.1, 0.15) is 24.4 Å². The van der Waals surface area contributed by atoms with Gasteiger partial charge >= 0.3 is 6.03 Å². The van der Waals surface area contributed by atoms with Gasteiger partial charge < -0.3 is 5.32 Å². The lowest BCUT2D eigenvalue weighted by Gasteiger charge is -2.21. The molecule has 3 heterocycles. The number of amides is 2. The SMILES string of the molecule is CC(NC(=O)N1CCc2cc(Br)ccc21)c1ncnn1-c1ncccn1. The second kappa shape index (κ2) is 6.83. The number of anilines is 1. The molecular weight excluding hydrogens is 398 g/mol. The molecule has 26 heavy (non-hydrogen) atoms. The second-order valence-corrected chi connectivity index (χ2v) is 6.84. The van der Waals surface area contributed by atoms with Crippen molar-refractivity contribution in [2.75, 3.05) is 11.4 Å². The maximum Gasteiger partial charge on any atom is 0.322 e. The average molecular weight is 414 g/mol. The highest BCUT2D eigenvalue weighted by atomic mass is 79.9. The van der Waals surface area contributed by atoms with Crippen LogP contribution in [0.4, 0.5) is 10.5 Å². The zero-order valence-electron chi connectivity index (χ0n) is 14.0. The Morgan fingerprint density at radius 2 is 2.08 bits per heavy atom. The fourth-order valence-electron chi connectivity index (χ4n) is 3.01. The summed E-state index contributed by atoms with van der Waals surface area (Å²) >= 11 is 3.47. The second-order valence-electron chi connectivity index (χ2n) is 5.92. The molecule has 1 aromatic carbocycles. The zero-order chi connectivity index (χ0) is 18.1. The van der Waals surface area contributed by atoms with E-state index in [1.807, 2.05) is 19.1 Å². The Balaban J connectivity index is 1.53. The van der Waals surface area contributed by atoms with Crippen LogP contribution in [0.2, 0.25) is 0 Å². The van der Waals surface area contributed by atoms with E-state index >= 15 is 0 Å². The molecule has 0 spiro atoms. The number of carbonyl (C=O) groups is 1. The van der Waals surface area contributed by atoms with E-state index in [9.17, 15) is 4.79 Å². The first kappa shape index (κ1) is 16.6. The predicted molar refractivity (Wildman–Crippen MR) is 99.1 cm³/mol. The number of hydrogen-bond donors (Lipinski definition) is 1. The molecular formula is C17H16BrN7O. The Kier molecular flexibility index (Phi) is 4.37. The molecule has 1 unspecified atom stereocenters. The molecule has 0 saturated carbocycles. The van der Waals surface area contributed by atoms with Crippen molar-refractivity contribution >= 4 is 27.6 Å². The van der Waals surface area contributed by atoms with Gasteiger partial charge in [0.2, 0.25) is 0 Å². The third-order valence-corrected chi connectivity index (χ3v) is 4.72. The molecule has 1 atom stereocenters. The lowest BCUT2D eigenvalue weighted by molar-refractivity contribution is 0.243. The summed E-state index contributed by atoms with van der Waals surface area (Å²) in [5.41, 5.74) is 2.09. The number of hydrogen-bond acceptors (Lipinski definition) is 5. The van der Waals surface area contributed by atoms with Gasteiger partial charge in [-0.15, -0.1) is 0 Å². The van der Waals surface area contributed by atoms with Crippen LogP contribution >= 0.6 is 15.9 Å². The number of fused-ring (bicyclic) bond motifs is 1. The Morgan fingerprint density at radius 1 is 1.27 bits per heavy atom. The third-order valence-electron chi connectivity index (χ3n) is 4.23. The van der Waals surface area contributed by atoms with Gasteiger partial charge in [0.1, 0.15) is 6.33 Å². The average Bonchev–Trinajstić information content (AvgIpc) is 3.29. The third kappa shape index (κ3) is 3.05. The molecule has 0 saturated heterocycles. The molecule has 3 aromatic rings. The summed E-state index contributed by atoms with van der Waals surface area (Å²) in [6.07, 6.45) is 5.54. The maximum atomic E-state index is 12.8. The van der Waals surface area contributed by atoms with Crippen LogP contribution < -0.4 is 10.2 Å². The molecule has 1 aliphatic heterocycles. The minimum absolute atomic E-state index is 0.165. The molecule has 0 radical (unpaired) electrons. The molecule has 2 aromatic heterocycles. The van der Waals surface area contributed by atoms with Crippen LogP contribution in [-0.4, -0.2) is 37.3 Å². The summed E-state index contributed by atoms with van der Waals surface area (Å²) in [5.74, 6) is 0.984. The van der Waals surface area contributed by atoms with Crippen LogP contribution in [0.25, 0.3) is 5.95 Å². The van der Waals surface area contributed by atoms with E-state index in [2.05, 4.69) is 47.4 Å². The van der Waals surface area contributed by atoms with Crippen molar-refractivity contribution in [2.45, 2.75) is 19.4 Å². The van der Waals surface area contributed by atoms with E-state index in [0.717, 1.165) is 22.1 Å². The maximum absolute atomic E-state index is 12.8. The van der Waals surface area contributed by atoms with Gasteiger partial charge in [-0.2, -0.15) is 9.78 Å². The topological polar surface area (TPSA) is 88.8 Å². The van der Waals surface area contributed by atoms with E-state index in [1.54, 1.807) is 23.4 Å². The van der Waals surface area contributed by atoms with Crippen molar-refractivity contribution in [3.8, 4) is 5.95 Å². The van der Waals surface area contributed by atoms with Crippen LogP contribution in [0.15, 0.2) is 47.5 Å². The largest absolute Gasteiger partial charge is 0.328 e. The van der Waals surface area contributed by atoms with Gasteiger partial charge in [0.05, 0.1) is 6.04 Å². The molecule has 1 aliphatic rings. The number of carbonyl (C=O) groups excluding carboxylic acids is 1. The van der Waals surface area contributed by atoms with Gasteiger partial charge in [-0.25, -0.2) is 19.7 Å². The summed E-state index contributed by atoms with van der Waals surface area (Å²) in [6, 6.07) is 7.16. The zero-order valence-corrected chi connectivity index (χ0v) is 15.6. The van der Waals surface area contributed by atoms with Crippen LogP contribution in [0.5, 0.6) is 0 Å². The van der Waals surface area contributed by atoms with Crippen molar-refractivity contribution < 1.29 is 4.79 Å². The van der Waals surface area contributed by atoms with Crippen molar-refractivity contribution in [3.05, 3.63) is 58.8 Å². The van der Waals surface area contributed by atoms with Crippen LogP contribution in [0, 0.1) is 0 Å². The van der Waals surface area contributed by atoms with Crippen molar-refractivity contribution in [3.63, 3.8) is 0 Å². The van der Waals surface area contributed by atoms with Crippen LogP contribution in [-0.2, 0) is 6.42 Å². The molecule has 0 bridgehead atoms. The Bertz CT molecular complexity index is 943. The molecule has 132 valence electrons. The number of nitrogens with zero attached hydrogens (tertiary/aromatic N) is 6. The smallest absolute Gasteiger partial charge is 0.322 e. The lowest BCUT2D eigenvalue weighted by atomic mass is 10.2. The molecule has 8 nitrogen and oxygen atoms in total. The van der Waals surface area contributed by atoms with E-state index in [4.69, 9.17) is 0 Å². The number of benzene rings is 1. The summed E-state index contributed by atoms with van der Waals surface area (Å²) in [5, 5.41) is 7.15. The van der Waals surface area contributed by atoms with E-state index < -0.39 is 0 Å². The van der Waals surface area contributed by atoms with E-state index in [1.165, 1.54) is 11.0 Å². The lowest BCUT2D eigenvalue weighted by Crippen LogP contribution is -2.40. The summed E-state index contributed by atoms with van der Waals surface area (Å²) in [4.78, 5) is 27.1. The molecule has 0 fully saturated rings. The van der Waals surface area contributed by atoms with Gasteiger partial charge in [-0.05, 0) is 43.2 Å². The predicted octanol–water partition coefficient (Wildman–Crippen LogP) is 2.65. The summed E-state index contributed by atoms with van der Waals surface area (Å²) in [6.45, 7) is 2.51. The highest BCUT2D eigenvalue weighted by Crippen LogP contribution is 2.30. The highest BCUT2D eigenvalue weighted by Gasteiger charge is 2.27. The van der Waals surface area contributed by atoms with Gasteiger partial charge in [-0.3, -0.25) is 4.90 Å². The van der Waals surface area contributed by atoms with Gasteiger partial charge in [0, 0.05) is 29.1 Å². The Morgan fingerprint density at radius 3 is 2.88 bits per heavy atom. The van der Waals surface area contributed by atoms with E-state index in [0.29, 0.717) is 18.3 Å². The monoisotopic (exact) mass is 413 g/mol. The highest BCUT2D eigenvalue weighted by molar-refractivity contribution is 9.10. The van der Waals surface area contributed by atoms with Crippen molar-refractivity contribution in [1.29, 1.82) is 0 Å². The fraction of sp³-hybridized carbons (Fsp3) is 0.235. The quantitative estimate of drug-likeness (QED) is 0.712. The first-order valence-corrected chi connectivity index (χ1v) is 8.96. The first-order valence-electron chi connectivity index (χ1n) is 8.17. The molecule has 4 rings (SSSR count). The Labute approximate surface area is 158 Å². The number of rotatable bonds is 3. The number of urea groups is 1. The molecule has 9 heteroatoms. The number of halogens is 1. The number of aromatic nitrogens is 5. The van der Waals surface area contributed by atoms with Crippen LogP contribution in [0.3, 0.4) is 0 Å². The van der Waals surface area contributed by atoms with E-state index in [-0.39, 0.29) is 12.1 Å².